The lowest BCUT2D eigenvalue weighted by molar-refractivity contribution is -0.274. The van der Waals surface area contributed by atoms with E-state index in [1.54, 1.807) is 31.1 Å². The molecular formula is C25H23F4N5O2. The van der Waals surface area contributed by atoms with Gasteiger partial charge >= 0.3 is 6.36 Å². The smallest absolute Gasteiger partial charge is 0.406 e. The van der Waals surface area contributed by atoms with Crippen molar-refractivity contribution in [1.82, 2.24) is 9.97 Å². The van der Waals surface area contributed by atoms with Gasteiger partial charge in [-0.2, -0.15) is 0 Å². The fourth-order valence-electron chi connectivity index (χ4n) is 3.71. The number of nitrogens with one attached hydrogen (secondary N) is 2. The minimum atomic E-state index is -4.97. The van der Waals surface area contributed by atoms with Gasteiger partial charge < -0.3 is 24.8 Å². The van der Waals surface area contributed by atoms with Crippen LogP contribution in [0.1, 0.15) is 16.2 Å². The summed E-state index contributed by atoms with van der Waals surface area (Å²) < 4.78 is 55.3. The lowest BCUT2D eigenvalue weighted by atomic mass is 10.1. The first kappa shape index (κ1) is 24.8. The Morgan fingerprint density at radius 3 is 2.42 bits per heavy atom. The second-order valence-corrected chi connectivity index (χ2v) is 8.30. The third kappa shape index (κ3) is 5.68. The number of anilines is 3. The summed E-state index contributed by atoms with van der Waals surface area (Å²) in [7, 11) is 5.49. The molecule has 0 aliphatic heterocycles. The van der Waals surface area contributed by atoms with Crippen LogP contribution in [-0.2, 0) is 6.54 Å². The van der Waals surface area contributed by atoms with Crippen molar-refractivity contribution in [3.05, 3.63) is 77.9 Å². The highest BCUT2D eigenvalue weighted by molar-refractivity contribution is 6.07. The molecular weight excluding hydrogens is 478 g/mol. The van der Waals surface area contributed by atoms with Crippen molar-refractivity contribution >= 4 is 34.0 Å². The van der Waals surface area contributed by atoms with Crippen LogP contribution in [0.15, 0.2) is 60.7 Å². The Labute approximate surface area is 204 Å². The van der Waals surface area contributed by atoms with Crippen LogP contribution >= 0.6 is 0 Å². The van der Waals surface area contributed by atoms with Crippen LogP contribution in [0.3, 0.4) is 0 Å². The van der Waals surface area contributed by atoms with E-state index in [4.69, 9.17) is 0 Å². The number of fused-ring (bicyclic) bond motifs is 1. The number of nitrogens with zero attached hydrogens (tertiary/aromatic N) is 3. The molecule has 0 aliphatic rings. The standard InChI is InChI=1S/C25H23F4N5O2/c1-33(2)22-13-20-19(30-23(31-20)14-34(3)15-7-5-4-6-8-15)12-21(22)32-24(35)17-10-9-16(11-18(17)26)36-25(27,28)29/h4-13H,14H2,1-3H3,(H,30,31)(H,32,35). The van der Waals surface area contributed by atoms with Gasteiger partial charge in [0.15, 0.2) is 0 Å². The number of aromatic amines is 1. The molecule has 0 unspecified atom stereocenters. The van der Waals surface area contributed by atoms with E-state index in [0.29, 0.717) is 40.8 Å². The largest absolute Gasteiger partial charge is 0.573 e. The molecule has 0 radical (unpaired) electrons. The highest BCUT2D eigenvalue weighted by Crippen LogP contribution is 2.31. The van der Waals surface area contributed by atoms with Gasteiger partial charge in [0.05, 0.1) is 34.5 Å². The minimum absolute atomic E-state index is 0.374. The molecule has 0 fully saturated rings. The van der Waals surface area contributed by atoms with Crippen molar-refractivity contribution in [3.8, 4) is 5.75 Å². The number of hydrogen-bond donors (Lipinski definition) is 2. The molecule has 4 aromatic rings. The van der Waals surface area contributed by atoms with E-state index in [-0.39, 0.29) is 0 Å². The minimum Gasteiger partial charge on any atom is -0.406 e. The maximum Gasteiger partial charge on any atom is 0.573 e. The summed E-state index contributed by atoms with van der Waals surface area (Å²) in [6, 6.07) is 15.6. The van der Waals surface area contributed by atoms with Crippen LogP contribution in [0.4, 0.5) is 34.6 Å². The van der Waals surface area contributed by atoms with Crippen LogP contribution < -0.4 is 19.9 Å². The Morgan fingerprint density at radius 2 is 1.78 bits per heavy atom. The molecule has 7 nitrogen and oxygen atoms in total. The average molecular weight is 501 g/mol. The summed E-state index contributed by atoms with van der Waals surface area (Å²) in [5.74, 6) is -2.01. The predicted molar refractivity (Wildman–Crippen MR) is 130 cm³/mol. The first-order valence-electron chi connectivity index (χ1n) is 10.8. The van der Waals surface area contributed by atoms with E-state index >= 15 is 0 Å². The fourth-order valence-corrected chi connectivity index (χ4v) is 3.71. The van der Waals surface area contributed by atoms with Crippen molar-refractivity contribution in [1.29, 1.82) is 0 Å². The molecule has 36 heavy (non-hydrogen) atoms. The topological polar surface area (TPSA) is 73.5 Å². The molecule has 3 aromatic carbocycles. The number of aromatic nitrogens is 2. The normalized spacial score (nSPS) is 11.4. The van der Waals surface area contributed by atoms with Crippen molar-refractivity contribution < 1.29 is 27.1 Å². The summed E-state index contributed by atoms with van der Waals surface area (Å²) in [4.78, 5) is 24.5. The molecule has 0 spiro atoms. The second kappa shape index (κ2) is 9.76. The highest BCUT2D eigenvalue weighted by atomic mass is 19.4. The summed E-state index contributed by atoms with van der Waals surface area (Å²) in [5, 5.41) is 2.64. The van der Waals surface area contributed by atoms with Crippen LogP contribution in [0, 0.1) is 5.82 Å². The molecule has 0 bridgehead atoms. The number of halogens is 4. The van der Waals surface area contributed by atoms with E-state index in [2.05, 4.69) is 20.0 Å². The number of benzene rings is 3. The van der Waals surface area contributed by atoms with Gasteiger partial charge in [-0.25, -0.2) is 9.37 Å². The SMILES string of the molecule is CN(C)c1cc2nc(CN(C)c3ccccc3)[nH]c2cc1NC(=O)c1ccc(OC(F)(F)F)cc1F. The van der Waals surface area contributed by atoms with Gasteiger partial charge in [-0.05, 0) is 36.4 Å². The van der Waals surface area contributed by atoms with Crippen molar-refractivity contribution in [2.75, 3.05) is 36.3 Å². The van der Waals surface area contributed by atoms with E-state index in [0.717, 1.165) is 17.8 Å². The number of para-hydroxylation sites is 1. The van der Waals surface area contributed by atoms with Gasteiger partial charge in [0.2, 0.25) is 0 Å². The van der Waals surface area contributed by atoms with Crippen molar-refractivity contribution in [3.63, 3.8) is 0 Å². The Morgan fingerprint density at radius 1 is 1.06 bits per heavy atom. The summed E-state index contributed by atoms with van der Waals surface area (Å²) in [6.07, 6.45) is -4.97. The van der Waals surface area contributed by atoms with Gasteiger partial charge in [-0.1, -0.05) is 18.2 Å². The van der Waals surface area contributed by atoms with E-state index in [9.17, 15) is 22.4 Å². The Bertz CT molecular complexity index is 1390. The highest BCUT2D eigenvalue weighted by Gasteiger charge is 2.31. The van der Waals surface area contributed by atoms with E-state index in [1.807, 2.05) is 42.3 Å². The van der Waals surface area contributed by atoms with Gasteiger partial charge in [0.1, 0.15) is 17.4 Å². The van der Waals surface area contributed by atoms with Gasteiger partial charge in [0.25, 0.3) is 5.91 Å². The molecule has 0 saturated heterocycles. The van der Waals surface area contributed by atoms with Gasteiger partial charge in [-0.15, -0.1) is 13.2 Å². The number of H-pyrrole nitrogens is 1. The quantitative estimate of drug-likeness (QED) is 0.325. The fraction of sp³-hybridized carbons (Fsp3) is 0.200. The molecule has 0 saturated carbocycles. The van der Waals surface area contributed by atoms with Gasteiger partial charge in [-0.3, -0.25) is 4.79 Å². The maximum absolute atomic E-state index is 14.4. The Balaban J connectivity index is 1.59. The van der Waals surface area contributed by atoms with Crippen molar-refractivity contribution in [2.24, 2.45) is 0 Å². The van der Waals surface area contributed by atoms with Crippen molar-refractivity contribution in [2.45, 2.75) is 12.9 Å². The van der Waals surface area contributed by atoms with Crippen LogP contribution in [0.25, 0.3) is 11.0 Å². The Kier molecular flexibility index (Phi) is 6.73. The molecule has 2 N–H and O–H groups in total. The number of imidazole rings is 1. The summed E-state index contributed by atoms with van der Waals surface area (Å²) in [5.41, 5.74) is 2.91. The monoisotopic (exact) mass is 501 g/mol. The predicted octanol–water partition coefficient (Wildman–Crippen LogP) is 5.56. The second-order valence-electron chi connectivity index (χ2n) is 8.30. The van der Waals surface area contributed by atoms with Gasteiger partial charge in [0, 0.05) is 32.9 Å². The lowest BCUT2D eigenvalue weighted by Crippen LogP contribution is -2.19. The Hall–Kier alpha value is -4.28. The summed E-state index contributed by atoms with van der Waals surface area (Å²) >= 11 is 0. The van der Waals surface area contributed by atoms with E-state index < -0.39 is 29.4 Å². The first-order chi connectivity index (χ1) is 17.0. The maximum atomic E-state index is 14.4. The third-order valence-electron chi connectivity index (χ3n) is 5.38. The molecule has 0 atom stereocenters. The number of rotatable bonds is 7. The summed E-state index contributed by atoms with van der Waals surface area (Å²) in [6.45, 7) is 0.509. The zero-order chi connectivity index (χ0) is 26.0. The zero-order valence-corrected chi connectivity index (χ0v) is 19.7. The number of amides is 1. The first-order valence-corrected chi connectivity index (χ1v) is 10.8. The average Bonchev–Trinajstić information content (AvgIpc) is 3.19. The number of carbonyl (C=O) groups excluding carboxylic acids is 1. The molecule has 1 aromatic heterocycles. The van der Waals surface area contributed by atoms with Crippen LogP contribution in [0.2, 0.25) is 0 Å². The number of hydrogen-bond acceptors (Lipinski definition) is 5. The van der Waals surface area contributed by atoms with E-state index in [1.165, 1.54) is 0 Å². The molecule has 11 heteroatoms. The molecule has 1 amide bonds. The molecule has 188 valence electrons. The number of ether oxygens (including phenoxy) is 1. The van der Waals surface area contributed by atoms with Crippen LogP contribution in [0.5, 0.6) is 5.75 Å². The number of carbonyl (C=O) groups is 1. The molecule has 1 heterocycles. The number of alkyl halides is 3. The molecule has 4 rings (SSSR count). The third-order valence-corrected chi connectivity index (χ3v) is 5.38. The van der Waals surface area contributed by atoms with Crippen LogP contribution in [-0.4, -0.2) is 43.4 Å². The zero-order valence-electron chi connectivity index (χ0n) is 19.7. The lowest BCUT2D eigenvalue weighted by Gasteiger charge is -2.18. The molecule has 0 aliphatic carbocycles.